The number of hydrogen-bond acceptors (Lipinski definition) is 4. The quantitative estimate of drug-likeness (QED) is 0.763. The Morgan fingerprint density at radius 2 is 2.20 bits per heavy atom. The molecule has 5 nitrogen and oxygen atoms in total. The van der Waals surface area contributed by atoms with Gasteiger partial charge in [0.15, 0.2) is 5.82 Å². The number of aromatic amines is 1. The Kier molecular flexibility index (Phi) is 4.43. The van der Waals surface area contributed by atoms with Crippen molar-refractivity contribution in [3.05, 3.63) is 65.7 Å². The predicted octanol–water partition coefficient (Wildman–Crippen LogP) is 3.61. The van der Waals surface area contributed by atoms with E-state index in [2.05, 4.69) is 32.6 Å². The molecule has 4 rings (SSSR count). The lowest BCUT2D eigenvalue weighted by Crippen LogP contribution is -2.20. The minimum atomic E-state index is -0.233. The molecule has 2 heterocycles. The molecule has 6 heteroatoms. The van der Waals surface area contributed by atoms with Crippen LogP contribution in [0.1, 0.15) is 30.0 Å². The molecule has 1 aromatic heterocycles. The molecule has 0 bridgehead atoms. The van der Waals surface area contributed by atoms with Crippen LogP contribution in [0.15, 0.2) is 48.8 Å². The molecule has 0 aliphatic carbocycles. The standard InChI is InChI=1S/C19H19FN4O/c20-15-6-7-18-16(10-15)17(5-2-8-25-18)21-11-13-3-1-4-14(9-13)19-22-12-23-24-19/h1,3-4,6-7,9-10,12,17,21H,2,5,8,11H2,(H,22,23,24). The van der Waals surface area contributed by atoms with Crippen LogP contribution in [0.25, 0.3) is 11.4 Å². The first-order valence-corrected chi connectivity index (χ1v) is 8.40. The van der Waals surface area contributed by atoms with E-state index in [4.69, 9.17) is 4.74 Å². The molecule has 2 aromatic carbocycles. The third-order valence-corrected chi connectivity index (χ3v) is 4.41. The zero-order chi connectivity index (χ0) is 17.1. The number of nitrogens with zero attached hydrogens (tertiary/aromatic N) is 2. The molecule has 128 valence electrons. The van der Waals surface area contributed by atoms with Crippen LogP contribution in [0.2, 0.25) is 0 Å². The normalized spacial score (nSPS) is 16.8. The number of fused-ring (bicyclic) bond motifs is 1. The van der Waals surface area contributed by atoms with Crippen molar-refractivity contribution in [1.82, 2.24) is 20.5 Å². The second-order valence-electron chi connectivity index (χ2n) is 6.14. The van der Waals surface area contributed by atoms with Crippen LogP contribution in [-0.2, 0) is 6.54 Å². The molecule has 3 aromatic rings. The summed E-state index contributed by atoms with van der Waals surface area (Å²) in [6, 6.07) is 12.9. The Hall–Kier alpha value is -2.73. The van der Waals surface area contributed by atoms with Crippen LogP contribution in [0, 0.1) is 5.82 Å². The summed E-state index contributed by atoms with van der Waals surface area (Å²) in [6.07, 6.45) is 3.35. The fourth-order valence-corrected chi connectivity index (χ4v) is 3.17. The molecule has 0 saturated heterocycles. The molecule has 1 unspecified atom stereocenters. The molecule has 0 radical (unpaired) electrons. The van der Waals surface area contributed by atoms with Gasteiger partial charge in [-0.15, -0.1) is 0 Å². The summed E-state index contributed by atoms with van der Waals surface area (Å²) >= 11 is 0. The number of ether oxygens (including phenoxy) is 1. The largest absolute Gasteiger partial charge is 0.493 e. The number of rotatable bonds is 4. The van der Waals surface area contributed by atoms with E-state index in [0.717, 1.165) is 41.1 Å². The zero-order valence-electron chi connectivity index (χ0n) is 13.7. The second kappa shape index (κ2) is 7.03. The summed E-state index contributed by atoms with van der Waals surface area (Å²) in [5, 5.41) is 10.3. The van der Waals surface area contributed by atoms with Gasteiger partial charge in [0.25, 0.3) is 0 Å². The van der Waals surface area contributed by atoms with Gasteiger partial charge in [0, 0.05) is 23.7 Å². The molecule has 0 fully saturated rings. The molecule has 1 atom stereocenters. The van der Waals surface area contributed by atoms with Gasteiger partial charge in [0.05, 0.1) is 6.61 Å². The van der Waals surface area contributed by atoms with Crippen LogP contribution < -0.4 is 10.1 Å². The first kappa shape index (κ1) is 15.8. The molecular formula is C19H19FN4O. The third kappa shape index (κ3) is 3.53. The Balaban J connectivity index is 1.52. The Morgan fingerprint density at radius 3 is 3.08 bits per heavy atom. The van der Waals surface area contributed by atoms with E-state index in [0.29, 0.717) is 13.2 Å². The van der Waals surface area contributed by atoms with Crippen molar-refractivity contribution in [2.24, 2.45) is 0 Å². The van der Waals surface area contributed by atoms with Gasteiger partial charge in [-0.25, -0.2) is 9.37 Å². The van der Waals surface area contributed by atoms with Crippen molar-refractivity contribution >= 4 is 0 Å². The van der Waals surface area contributed by atoms with Crippen LogP contribution in [0.4, 0.5) is 4.39 Å². The van der Waals surface area contributed by atoms with E-state index in [1.165, 1.54) is 12.4 Å². The third-order valence-electron chi connectivity index (χ3n) is 4.41. The molecule has 0 saturated carbocycles. The zero-order valence-corrected chi connectivity index (χ0v) is 13.7. The number of halogens is 1. The lowest BCUT2D eigenvalue weighted by molar-refractivity contribution is 0.315. The maximum Gasteiger partial charge on any atom is 0.155 e. The van der Waals surface area contributed by atoms with Gasteiger partial charge in [-0.1, -0.05) is 18.2 Å². The molecular weight excluding hydrogens is 319 g/mol. The monoisotopic (exact) mass is 338 g/mol. The summed E-state index contributed by atoms with van der Waals surface area (Å²) in [5.74, 6) is 1.28. The number of benzene rings is 2. The van der Waals surface area contributed by atoms with Crippen molar-refractivity contribution in [2.45, 2.75) is 25.4 Å². The summed E-state index contributed by atoms with van der Waals surface area (Å²) in [7, 11) is 0. The van der Waals surface area contributed by atoms with Gasteiger partial charge in [0.1, 0.15) is 17.9 Å². The van der Waals surface area contributed by atoms with Crippen molar-refractivity contribution in [1.29, 1.82) is 0 Å². The maximum atomic E-state index is 13.7. The van der Waals surface area contributed by atoms with Gasteiger partial charge >= 0.3 is 0 Å². The van der Waals surface area contributed by atoms with E-state index in [9.17, 15) is 4.39 Å². The first-order valence-electron chi connectivity index (χ1n) is 8.40. The average Bonchev–Trinajstić information content (AvgIpc) is 3.10. The van der Waals surface area contributed by atoms with Gasteiger partial charge < -0.3 is 10.1 Å². The maximum absolute atomic E-state index is 13.7. The lowest BCUT2D eigenvalue weighted by atomic mass is 10.0. The summed E-state index contributed by atoms with van der Waals surface area (Å²) in [6.45, 7) is 1.35. The van der Waals surface area contributed by atoms with Crippen molar-refractivity contribution < 1.29 is 9.13 Å². The highest BCUT2D eigenvalue weighted by Crippen LogP contribution is 2.32. The van der Waals surface area contributed by atoms with Crippen molar-refractivity contribution in [3.8, 4) is 17.1 Å². The molecule has 0 amide bonds. The molecule has 1 aliphatic rings. The van der Waals surface area contributed by atoms with Crippen molar-refractivity contribution in [3.63, 3.8) is 0 Å². The van der Waals surface area contributed by atoms with Gasteiger partial charge in [-0.3, -0.25) is 5.10 Å². The van der Waals surface area contributed by atoms with E-state index in [1.54, 1.807) is 12.1 Å². The van der Waals surface area contributed by atoms with Crippen LogP contribution >= 0.6 is 0 Å². The summed E-state index contributed by atoms with van der Waals surface area (Å²) < 4.78 is 19.4. The first-order chi connectivity index (χ1) is 12.3. The highest BCUT2D eigenvalue weighted by Gasteiger charge is 2.20. The average molecular weight is 338 g/mol. The van der Waals surface area contributed by atoms with Crippen LogP contribution in [0.3, 0.4) is 0 Å². The fraction of sp³-hybridized carbons (Fsp3) is 0.263. The summed E-state index contributed by atoms with van der Waals surface area (Å²) in [4.78, 5) is 4.18. The highest BCUT2D eigenvalue weighted by atomic mass is 19.1. The number of aromatic nitrogens is 3. The Bertz CT molecular complexity index is 850. The highest BCUT2D eigenvalue weighted by molar-refractivity contribution is 5.55. The fourth-order valence-electron chi connectivity index (χ4n) is 3.17. The van der Waals surface area contributed by atoms with E-state index in [1.807, 2.05) is 12.1 Å². The Labute approximate surface area is 145 Å². The van der Waals surface area contributed by atoms with Gasteiger partial charge in [-0.05, 0) is 42.7 Å². The number of H-pyrrole nitrogens is 1. The number of hydrogen-bond donors (Lipinski definition) is 2. The minimum absolute atomic E-state index is 0.0714. The molecule has 1 aliphatic heterocycles. The minimum Gasteiger partial charge on any atom is -0.493 e. The van der Waals surface area contributed by atoms with Gasteiger partial charge in [0.2, 0.25) is 0 Å². The van der Waals surface area contributed by atoms with Crippen molar-refractivity contribution in [2.75, 3.05) is 6.61 Å². The van der Waals surface area contributed by atoms with Crippen LogP contribution in [-0.4, -0.2) is 21.8 Å². The second-order valence-corrected chi connectivity index (χ2v) is 6.14. The van der Waals surface area contributed by atoms with E-state index < -0.39 is 0 Å². The molecule has 25 heavy (non-hydrogen) atoms. The predicted molar refractivity (Wildman–Crippen MR) is 92.5 cm³/mol. The molecule has 2 N–H and O–H groups in total. The topological polar surface area (TPSA) is 62.8 Å². The lowest BCUT2D eigenvalue weighted by Gasteiger charge is -2.18. The molecule has 0 spiro atoms. The van der Waals surface area contributed by atoms with E-state index in [-0.39, 0.29) is 11.9 Å². The smallest absolute Gasteiger partial charge is 0.155 e. The summed E-state index contributed by atoms with van der Waals surface area (Å²) in [5.41, 5.74) is 3.02. The SMILES string of the molecule is Fc1ccc2c(c1)C(NCc1cccc(-c3ncn[nH]3)c1)CCCO2. The van der Waals surface area contributed by atoms with Gasteiger partial charge in [-0.2, -0.15) is 5.10 Å². The number of nitrogens with one attached hydrogen (secondary N) is 2. The van der Waals surface area contributed by atoms with E-state index >= 15 is 0 Å². The van der Waals surface area contributed by atoms with Crippen LogP contribution in [0.5, 0.6) is 5.75 Å². The Morgan fingerprint density at radius 1 is 1.24 bits per heavy atom.